The van der Waals surface area contributed by atoms with Gasteiger partial charge in [-0.05, 0) is 44.6 Å². The molecule has 342 valence electrons. The first-order valence-corrected chi connectivity index (χ1v) is 20.6. The van der Waals surface area contributed by atoms with Crippen molar-refractivity contribution in [1.29, 1.82) is 0 Å². The summed E-state index contributed by atoms with van der Waals surface area (Å²) in [5, 5.41) is 47.1. The van der Waals surface area contributed by atoms with E-state index in [2.05, 4.69) is 67.5 Å². The molecule has 0 radical (unpaired) electrons. The van der Waals surface area contributed by atoms with Crippen molar-refractivity contribution in [2.24, 2.45) is 28.1 Å². The summed E-state index contributed by atoms with van der Waals surface area (Å²) in [7, 11) is 0. The molecule has 9 atom stereocenters. The number of carboxylic acids is 1. The van der Waals surface area contributed by atoms with Crippen LogP contribution in [-0.2, 0) is 44.8 Å². The van der Waals surface area contributed by atoms with Gasteiger partial charge in [0.15, 0.2) is 5.96 Å². The van der Waals surface area contributed by atoms with Gasteiger partial charge in [-0.25, -0.2) is 4.79 Å². The van der Waals surface area contributed by atoms with Gasteiger partial charge in [-0.15, -0.1) is 0 Å². The van der Waals surface area contributed by atoms with Crippen LogP contribution in [0.25, 0.3) is 0 Å². The van der Waals surface area contributed by atoms with E-state index in [0.29, 0.717) is 5.56 Å². The van der Waals surface area contributed by atoms with Crippen LogP contribution >= 0.6 is 25.3 Å². The molecular weight excluding hydrogens is 839 g/mol. The number of thiol groups is 2. The number of rotatable bonds is 27. The molecule has 0 aromatic heterocycles. The van der Waals surface area contributed by atoms with Crippen molar-refractivity contribution in [2.45, 2.75) is 108 Å². The topological polar surface area (TPSA) is 372 Å². The lowest BCUT2D eigenvalue weighted by atomic mass is 10.00. The van der Waals surface area contributed by atoms with E-state index in [9.17, 15) is 53.7 Å². The number of carbonyl (C=O) groups is 8. The summed E-state index contributed by atoms with van der Waals surface area (Å²) < 4.78 is 0. The van der Waals surface area contributed by atoms with Gasteiger partial charge in [-0.2, -0.15) is 25.3 Å². The first-order valence-electron chi connectivity index (χ1n) is 19.4. The Balaban J connectivity index is 3.12. The summed E-state index contributed by atoms with van der Waals surface area (Å²) >= 11 is 7.95. The fraction of sp³-hybridized carbons (Fsp3) is 0.595. The van der Waals surface area contributed by atoms with Gasteiger partial charge in [0.2, 0.25) is 41.4 Å². The number of nitrogens with one attached hydrogen (secondary N) is 7. The number of amides is 7. The lowest BCUT2D eigenvalue weighted by Crippen LogP contribution is -2.61. The van der Waals surface area contributed by atoms with Crippen LogP contribution in [0.3, 0.4) is 0 Å². The van der Waals surface area contributed by atoms with Crippen LogP contribution in [-0.4, -0.2) is 148 Å². The average molecular weight is 900 g/mol. The zero-order valence-electron chi connectivity index (χ0n) is 34.5. The van der Waals surface area contributed by atoms with E-state index in [1.165, 1.54) is 13.8 Å². The number of nitrogens with two attached hydrogens (primary N) is 3. The second-order valence-corrected chi connectivity index (χ2v) is 15.3. The highest BCUT2D eigenvalue weighted by molar-refractivity contribution is 7.80. The number of carboxylic acid groups (broad SMARTS) is 1. The number of aliphatic carboxylic acids is 1. The maximum atomic E-state index is 13.7. The van der Waals surface area contributed by atoms with E-state index >= 15 is 0 Å². The van der Waals surface area contributed by atoms with Crippen LogP contribution in [0.5, 0.6) is 0 Å². The summed E-state index contributed by atoms with van der Waals surface area (Å²) in [5.41, 5.74) is 17.0. The third kappa shape index (κ3) is 20.3. The quantitative estimate of drug-likeness (QED) is 0.0171. The SMILES string of the molecule is CC(C)C[C@H](NC(=O)[C@@H](NC(=O)CNC(=O)[C@@H](NC(=O)[C@H](CCCN=C(N)N)NC(=O)[C@@H](N)CS)[C@@H](C)O)[C@@H](C)O)C(=O)N[C@@H](Cc1ccccc1)C(=O)N[C@@H](CS)C(=O)O. The van der Waals surface area contributed by atoms with Crippen LogP contribution in [0.1, 0.15) is 52.5 Å². The number of nitrogens with zero attached hydrogens (tertiary/aromatic N) is 1. The molecule has 22 nitrogen and oxygen atoms in total. The van der Waals surface area contributed by atoms with Gasteiger partial charge in [0.1, 0.15) is 36.3 Å². The second kappa shape index (κ2) is 27.6. The third-order valence-corrected chi connectivity index (χ3v) is 9.49. The Morgan fingerprint density at radius 1 is 0.672 bits per heavy atom. The number of carbonyl (C=O) groups excluding carboxylic acids is 7. The van der Waals surface area contributed by atoms with Crippen LogP contribution in [0.2, 0.25) is 0 Å². The molecule has 0 bridgehead atoms. The molecule has 0 unspecified atom stereocenters. The maximum Gasteiger partial charge on any atom is 0.327 e. The summed E-state index contributed by atoms with van der Waals surface area (Å²) in [4.78, 5) is 108. The highest BCUT2D eigenvalue weighted by Gasteiger charge is 2.34. The zero-order valence-corrected chi connectivity index (χ0v) is 36.3. The molecule has 0 heterocycles. The Morgan fingerprint density at radius 3 is 1.72 bits per heavy atom. The van der Waals surface area contributed by atoms with E-state index < -0.39 is 108 Å². The molecule has 1 aromatic rings. The van der Waals surface area contributed by atoms with Gasteiger partial charge in [-0.3, -0.25) is 38.6 Å². The van der Waals surface area contributed by atoms with Gasteiger partial charge in [0, 0.05) is 24.5 Å². The molecule has 0 fully saturated rings. The minimum absolute atomic E-state index is 0.0000916. The van der Waals surface area contributed by atoms with Crippen LogP contribution in [0, 0.1) is 5.92 Å². The first kappa shape index (κ1) is 53.8. The van der Waals surface area contributed by atoms with Crippen molar-refractivity contribution < 1.29 is 53.7 Å². The second-order valence-electron chi connectivity index (χ2n) is 14.6. The predicted octanol–water partition coefficient (Wildman–Crippen LogP) is -4.61. The smallest absolute Gasteiger partial charge is 0.327 e. The molecule has 0 saturated heterocycles. The number of aliphatic hydroxyl groups excluding tert-OH is 2. The van der Waals surface area contributed by atoms with Gasteiger partial charge in [-0.1, -0.05) is 44.2 Å². The van der Waals surface area contributed by atoms with E-state index in [-0.39, 0.29) is 55.6 Å². The molecule has 0 spiro atoms. The van der Waals surface area contributed by atoms with Crippen molar-refractivity contribution in [3.63, 3.8) is 0 Å². The van der Waals surface area contributed by atoms with Crippen molar-refractivity contribution in [2.75, 3.05) is 24.6 Å². The van der Waals surface area contributed by atoms with E-state index in [1.807, 2.05) is 0 Å². The van der Waals surface area contributed by atoms with E-state index in [1.54, 1.807) is 44.2 Å². The van der Waals surface area contributed by atoms with Crippen molar-refractivity contribution >= 4 is 78.5 Å². The van der Waals surface area contributed by atoms with Gasteiger partial charge >= 0.3 is 5.97 Å². The van der Waals surface area contributed by atoms with Gasteiger partial charge in [0.25, 0.3) is 0 Å². The Kier molecular flexibility index (Phi) is 24.4. The normalized spacial score (nSPS) is 15.4. The minimum Gasteiger partial charge on any atom is -0.480 e. The fourth-order valence-corrected chi connectivity index (χ4v) is 5.87. The molecule has 0 aliphatic carbocycles. The minimum atomic E-state index is -1.67. The molecule has 1 aromatic carbocycles. The van der Waals surface area contributed by atoms with E-state index in [4.69, 9.17) is 17.2 Å². The Bertz CT molecular complexity index is 1670. The van der Waals surface area contributed by atoms with Crippen LogP contribution in [0.4, 0.5) is 0 Å². The van der Waals surface area contributed by atoms with Gasteiger partial charge < -0.3 is 69.7 Å². The Morgan fingerprint density at radius 2 is 1.20 bits per heavy atom. The number of aliphatic hydroxyl groups is 2. The van der Waals surface area contributed by atoms with Crippen molar-refractivity contribution in [3.05, 3.63) is 35.9 Å². The van der Waals surface area contributed by atoms with Crippen LogP contribution in [0.15, 0.2) is 35.3 Å². The van der Waals surface area contributed by atoms with Crippen molar-refractivity contribution in [3.8, 4) is 0 Å². The molecule has 0 aliphatic heterocycles. The molecular formula is C37H61N11O11S2. The Hall–Kier alpha value is -5.17. The third-order valence-electron chi connectivity index (χ3n) is 8.73. The molecule has 0 aliphatic rings. The summed E-state index contributed by atoms with van der Waals surface area (Å²) in [6, 6.07) is -0.987. The van der Waals surface area contributed by atoms with Gasteiger partial charge in [0.05, 0.1) is 24.8 Å². The number of hydrogen-bond donors (Lipinski definition) is 15. The van der Waals surface area contributed by atoms with E-state index in [0.717, 1.165) is 0 Å². The highest BCUT2D eigenvalue weighted by Crippen LogP contribution is 2.10. The largest absolute Gasteiger partial charge is 0.480 e. The number of hydrogen-bond acceptors (Lipinski definition) is 14. The molecule has 1 rings (SSSR count). The molecule has 7 amide bonds. The van der Waals surface area contributed by atoms with Crippen LogP contribution < -0.4 is 54.4 Å². The summed E-state index contributed by atoms with van der Waals surface area (Å²) in [6.45, 7) is 5.20. The predicted molar refractivity (Wildman–Crippen MR) is 231 cm³/mol. The lowest BCUT2D eigenvalue weighted by molar-refractivity contribution is -0.141. The summed E-state index contributed by atoms with van der Waals surface area (Å²) in [6.07, 6.45) is -2.83. The standard InChI is InChI=1S/C37H61N11O11S2/c1-18(2)13-24(32(54)44-25(14-21-9-6-5-7-10-21)33(55)46-26(17-61)36(58)59)45-35(57)29(20(4)50)47-27(51)15-42-34(56)28(19(3)49)48-31(53)23(11-8-12-41-37(39)40)43-30(52)22(38)16-60/h5-7,9-10,18-20,22-26,28-29,49-50,60-61H,8,11-17,38H2,1-4H3,(H,42,56)(H,43,52)(H,44,54)(H,45,57)(H,46,55)(H,47,51)(H,48,53)(H,58,59)(H4,39,40,41)/t19-,20-,22+,23+,24+,25+,26+,28+,29+/m1/s1. The van der Waals surface area contributed by atoms with Crippen molar-refractivity contribution in [1.82, 2.24) is 37.2 Å². The summed E-state index contributed by atoms with van der Waals surface area (Å²) in [5.74, 6) is -8.23. The molecule has 24 heteroatoms. The zero-order chi connectivity index (χ0) is 46.4. The Labute approximate surface area is 364 Å². The first-order chi connectivity index (χ1) is 28.6. The average Bonchev–Trinajstić information content (AvgIpc) is 3.19. The number of aliphatic imine (C=N–C) groups is 1. The molecule has 16 N–H and O–H groups in total. The maximum absolute atomic E-state index is 13.7. The fourth-order valence-electron chi connectivity index (χ4n) is 5.45. The highest BCUT2D eigenvalue weighted by atomic mass is 32.1. The molecule has 61 heavy (non-hydrogen) atoms. The number of benzene rings is 1. The molecule has 0 saturated carbocycles. The monoisotopic (exact) mass is 899 g/mol. The lowest BCUT2D eigenvalue weighted by Gasteiger charge is -2.28. The number of guanidine groups is 1.